The fourth-order valence-electron chi connectivity index (χ4n) is 2.32. The number of aldehydes is 1. The van der Waals surface area contributed by atoms with E-state index in [0.717, 1.165) is 11.7 Å². The Labute approximate surface area is 85.3 Å². The lowest BCUT2D eigenvalue weighted by atomic mass is 10.3. The van der Waals surface area contributed by atoms with Crippen LogP contribution in [-0.4, -0.2) is 14.4 Å². The molecule has 0 spiro atoms. The Morgan fingerprint density at radius 1 is 1.29 bits per heavy atom. The summed E-state index contributed by atoms with van der Waals surface area (Å²) in [6.45, 7) is 2.37. The van der Waals surface area contributed by atoms with Crippen LogP contribution >= 0.6 is 0 Å². The summed E-state index contributed by atoms with van der Waals surface area (Å²) in [7, 11) is -1.33. The van der Waals surface area contributed by atoms with Gasteiger partial charge in [0.25, 0.3) is 0 Å². The SMILES string of the molecule is C[Si]1(c2ccc(C=O)o2)CCCCC1. The van der Waals surface area contributed by atoms with Gasteiger partial charge in [-0.25, -0.2) is 0 Å². The van der Waals surface area contributed by atoms with Gasteiger partial charge in [0.15, 0.2) is 12.0 Å². The molecule has 1 aromatic heterocycles. The largest absolute Gasteiger partial charge is 0.463 e. The molecule has 2 rings (SSSR count). The molecular weight excluding hydrogens is 192 g/mol. The number of carbonyl (C=O) groups excluding carboxylic acids is 1. The maximum absolute atomic E-state index is 10.5. The van der Waals surface area contributed by atoms with E-state index in [0.29, 0.717) is 5.76 Å². The van der Waals surface area contributed by atoms with Crippen molar-refractivity contribution < 1.29 is 9.21 Å². The Morgan fingerprint density at radius 3 is 2.57 bits per heavy atom. The smallest absolute Gasteiger partial charge is 0.185 e. The summed E-state index contributed by atoms with van der Waals surface area (Å²) >= 11 is 0. The Balaban J connectivity index is 2.23. The minimum Gasteiger partial charge on any atom is -0.463 e. The van der Waals surface area contributed by atoms with Gasteiger partial charge < -0.3 is 4.42 Å². The predicted octanol–water partition coefficient (Wildman–Crippen LogP) is 2.56. The third kappa shape index (κ3) is 1.69. The van der Waals surface area contributed by atoms with E-state index in [1.165, 1.54) is 31.4 Å². The maximum atomic E-state index is 10.5. The standard InChI is InChI=1S/C11H16O2Si/c1-14(7-3-2-4-8-14)11-6-5-10(9-12)13-11/h5-6,9H,2-4,7-8H2,1H3. The van der Waals surface area contributed by atoms with E-state index < -0.39 is 8.07 Å². The highest BCUT2D eigenvalue weighted by molar-refractivity contribution is 6.90. The second-order valence-electron chi connectivity index (χ2n) is 4.44. The van der Waals surface area contributed by atoms with Crippen molar-refractivity contribution >= 4 is 19.7 Å². The first-order valence-electron chi connectivity index (χ1n) is 5.30. The number of rotatable bonds is 2. The van der Waals surface area contributed by atoms with Crippen molar-refractivity contribution in [1.29, 1.82) is 0 Å². The van der Waals surface area contributed by atoms with E-state index in [1.54, 1.807) is 6.07 Å². The van der Waals surface area contributed by atoms with Crippen LogP contribution in [0.25, 0.3) is 0 Å². The van der Waals surface area contributed by atoms with Gasteiger partial charge in [-0.1, -0.05) is 37.9 Å². The molecule has 2 heterocycles. The Kier molecular flexibility index (Phi) is 2.59. The van der Waals surface area contributed by atoms with Crippen LogP contribution in [0.1, 0.15) is 29.8 Å². The van der Waals surface area contributed by atoms with Gasteiger partial charge in [-0.3, -0.25) is 4.79 Å². The Bertz CT molecular complexity index is 324. The van der Waals surface area contributed by atoms with E-state index in [-0.39, 0.29) is 0 Å². The summed E-state index contributed by atoms with van der Waals surface area (Å²) in [5.41, 5.74) is 0. The van der Waals surface area contributed by atoms with Crippen LogP contribution in [-0.2, 0) is 0 Å². The summed E-state index contributed by atoms with van der Waals surface area (Å²) in [5, 5.41) is 1.12. The van der Waals surface area contributed by atoms with E-state index in [9.17, 15) is 4.79 Å². The zero-order chi connectivity index (χ0) is 10.0. The van der Waals surface area contributed by atoms with E-state index in [4.69, 9.17) is 4.42 Å². The molecule has 1 aliphatic rings. The summed E-state index contributed by atoms with van der Waals surface area (Å²) in [6.07, 6.45) is 4.83. The number of carbonyl (C=O) groups is 1. The molecule has 2 nitrogen and oxygen atoms in total. The van der Waals surface area contributed by atoms with E-state index >= 15 is 0 Å². The van der Waals surface area contributed by atoms with Gasteiger partial charge in [0.1, 0.15) is 8.07 Å². The van der Waals surface area contributed by atoms with Crippen molar-refractivity contribution in [3.8, 4) is 0 Å². The van der Waals surface area contributed by atoms with E-state index in [2.05, 4.69) is 6.55 Å². The van der Waals surface area contributed by atoms with Crippen LogP contribution in [0.15, 0.2) is 16.5 Å². The minimum atomic E-state index is -1.33. The fraction of sp³-hybridized carbons (Fsp3) is 0.545. The van der Waals surface area contributed by atoms with Crippen LogP contribution in [0.2, 0.25) is 18.6 Å². The van der Waals surface area contributed by atoms with Crippen LogP contribution in [0.4, 0.5) is 0 Å². The Hall–Kier alpha value is -0.833. The lowest BCUT2D eigenvalue weighted by molar-refractivity contribution is 0.110. The summed E-state index contributed by atoms with van der Waals surface area (Å²) < 4.78 is 5.57. The van der Waals surface area contributed by atoms with Crippen LogP contribution in [0.3, 0.4) is 0 Å². The molecule has 0 unspecified atom stereocenters. The molecule has 1 fully saturated rings. The molecule has 1 aromatic rings. The molecule has 0 radical (unpaired) electrons. The molecule has 1 saturated heterocycles. The molecule has 0 aliphatic carbocycles. The highest BCUT2D eigenvalue weighted by atomic mass is 28.3. The highest BCUT2D eigenvalue weighted by Crippen LogP contribution is 2.28. The minimum absolute atomic E-state index is 0.485. The van der Waals surface area contributed by atoms with Crippen LogP contribution in [0.5, 0.6) is 0 Å². The molecular formula is C11H16O2Si. The van der Waals surface area contributed by atoms with E-state index in [1.807, 2.05) is 6.07 Å². The molecule has 0 amide bonds. The third-order valence-electron chi connectivity index (χ3n) is 3.29. The molecule has 0 aromatic carbocycles. The number of hydrogen-bond acceptors (Lipinski definition) is 2. The van der Waals surface area contributed by atoms with Gasteiger partial charge in [0.05, 0.1) is 5.38 Å². The van der Waals surface area contributed by atoms with Crippen LogP contribution < -0.4 is 5.38 Å². The fourth-order valence-corrected chi connectivity index (χ4v) is 5.97. The zero-order valence-corrected chi connectivity index (χ0v) is 9.58. The van der Waals surface area contributed by atoms with Crippen molar-refractivity contribution in [3.63, 3.8) is 0 Å². The average molecular weight is 208 g/mol. The zero-order valence-electron chi connectivity index (χ0n) is 8.58. The summed E-state index contributed by atoms with van der Waals surface area (Å²) in [6, 6.07) is 6.45. The molecule has 14 heavy (non-hydrogen) atoms. The second kappa shape index (κ2) is 3.73. The number of hydrogen-bond donors (Lipinski definition) is 0. The topological polar surface area (TPSA) is 30.2 Å². The monoisotopic (exact) mass is 208 g/mol. The lowest BCUT2D eigenvalue weighted by Crippen LogP contribution is -2.45. The van der Waals surface area contributed by atoms with Gasteiger partial charge in [0, 0.05) is 0 Å². The van der Waals surface area contributed by atoms with Crippen molar-refractivity contribution in [3.05, 3.63) is 17.9 Å². The predicted molar refractivity (Wildman–Crippen MR) is 58.8 cm³/mol. The van der Waals surface area contributed by atoms with Gasteiger partial charge >= 0.3 is 0 Å². The van der Waals surface area contributed by atoms with Crippen molar-refractivity contribution in [2.24, 2.45) is 0 Å². The first-order chi connectivity index (χ1) is 6.74. The number of furan rings is 1. The maximum Gasteiger partial charge on any atom is 0.185 e. The Morgan fingerprint density at radius 2 is 2.00 bits per heavy atom. The molecule has 76 valence electrons. The normalized spacial score (nSPS) is 20.6. The average Bonchev–Trinajstić information content (AvgIpc) is 2.67. The molecule has 1 aliphatic heterocycles. The van der Waals surface area contributed by atoms with Crippen molar-refractivity contribution in [2.45, 2.75) is 37.9 Å². The van der Waals surface area contributed by atoms with Crippen molar-refractivity contribution in [1.82, 2.24) is 0 Å². The lowest BCUT2D eigenvalue weighted by Gasteiger charge is -2.28. The third-order valence-corrected chi connectivity index (χ3v) is 7.67. The van der Waals surface area contributed by atoms with Gasteiger partial charge in [-0.15, -0.1) is 0 Å². The first-order valence-corrected chi connectivity index (χ1v) is 8.21. The molecule has 0 N–H and O–H groups in total. The highest BCUT2D eigenvalue weighted by Gasteiger charge is 2.34. The van der Waals surface area contributed by atoms with Crippen LogP contribution in [0, 0.1) is 0 Å². The quantitative estimate of drug-likeness (QED) is 0.552. The summed E-state index contributed by atoms with van der Waals surface area (Å²) in [5.74, 6) is 0.485. The molecule has 3 heteroatoms. The second-order valence-corrected chi connectivity index (χ2v) is 9.06. The van der Waals surface area contributed by atoms with Gasteiger partial charge in [-0.05, 0) is 12.1 Å². The summed E-state index contributed by atoms with van der Waals surface area (Å²) in [4.78, 5) is 10.5. The van der Waals surface area contributed by atoms with Gasteiger partial charge in [0.2, 0.25) is 0 Å². The first kappa shape index (κ1) is 9.71. The van der Waals surface area contributed by atoms with Crippen molar-refractivity contribution in [2.75, 3.05) is 0 Å². The van der Waals surface area contributed by atoms with Gasteiger partial charge in [-0.2, -0.15) is 0 Å². The molecule has 0 saturated carbocycles. The molecule has 0 atom stereocenters. The molecule has 0 bridgehead atoms.